The van der Waals surface area contributed by atoms with Crippen molar-refractivity contribution in [2.24, 2.45) is 0 Å². The number of phenols is 1. The van der Waals surface area contributed by atoms with Crippen molar-refractivity contribution in [2.75, 3.05) is 26.2 Å². The Morgan fingerprint density at radius 3 is 2.92 bits per heavy atom. The van der Waals surface area contributed by atoms with Crippen LogP contribution < -0.4 is 10.1 Å². The Morgan fingerprint density at radius 2 is 2.12 bits per heavy atom. The first-order chi connectivity index (χ1) is 12.2. The van der Waals surface area contributed by atoms with Crippen LogP contribution >= 0.6 is 11.6 Å². The largest absolute Gasteiger partial charge is 0.504 e. The maximum atomic E-state index is 10.5. The van der Waals surface area contributed by atoms with Crippen LogP contribution in [0, 0.1) is 0 Å². The molecule has 25 heavy (non-hydrogen) atoms. The van der Waals surface area contributed by atoms with Gasteiger partial charge in [0.25, 0.3) is 0 Å². The number of hydrogen-bond acceptors (Lipinski definition) is 4. The number of benzene rings is 2. The number of aromatic hydroxyl groups is 1. The normalized spacial score (nSPS) is 21.2. The standard InChI is InChI=1S/C20H23ClN2O2/c21-17-4-1-3-14(10-17)15-9-16-13-23(18-5-2-6-22-12-18)7-8-25-20(16)19(24)11-15/h1,3-4,9-11,18,22,24H,2,5-8,12-13H2. The van der Waals surface area contributed by atoms with Crippen LogP contribution in [-0.2, 0) is 6.54 Å². The van der Waals surface area contributed by atoms with E-state index >= 15 is 0 Å². The lowest BCUT2D eigenvalue weighted by molar-refractivity contribution is 0.144. The number of nitrogens with one attached hydrogen (secondary N) is 1. The molecule has 1 saturated heterocycles. The third-order valence-electron chi connectivity index (χ3n) is 5.09. The third kappa shape index (κ3) is 3.61. The van der Waals surface area contributed by atoms with E-state index in [0.29, 0.717) is 23.4 Å². The van der Waals surface area contributed by atoms with Crippen molar-refractivity contribution in [1.82, 2.24) is 10.2 Å². The summed E-state index contributed by atoms with van der Waals surface area (Å²) in [6, 6.07) is 12.1. The van der Waals surface area contributed by atoms with E-state index in [1.165, 1.54) is 12.8 Å². The molecule has 1 unspecified atom stereocenters. The number of rotatable bonds is 2. The van der Waals surface area contributed by atoms with Crippen LogP contribution in [0.5, 0.6) is 11.5 Å². The molecule has 2 aliphatic rings. The average Bonchev–Trinajstić information content (AvgIpc) is 2.85. The number of fused-ring (bicyclic) bond motifs is 1. The van der Waals surface area contributed by atoms with Crippen molar-refractivity contribution >= 4 is 11.6 Å². The Bertz CT molecular complexity index is 759. The molecule has 1 fully saturated rings. The van der Waals surface area contributed by atoms with Gasteiger partial charge >= 0.3 is 0 Å². The van der Waals surface area contributed by atoms with Gasteiger partial charge in [-0.25, -0.2) is 0 Å². The Labute approximate surface area is 153 Å². The number of halogens is 1. The first-order valence-corrected chi connectivity index (χ1v) is 9.28. The lowest BCUT2D eigenvalue weighted by Crippen LogP contribution is -2.46. The summed E-state index contributed by atoms with van der Waals surface area (Å²) in [4.78, 5) is 2.47. The average molecular weight is 359 g/mol. The van der Waals surface area contributed by atoms with E-state index in [-0.39, 0.29) is 5.75 Å². The molecule has 2 heterocycles. The molecule has 1 atom stereocenters. The van der Waals surface area contributed by atoms with Gasteiger partial charge in [0.1, 0.15) is 6.61 Å². The van der Waals surface area contributed by atoms with Crippen molar-refractivity contribution in [3.05, 3.63) is 47.0 Å². The zero-order valence-corrected chi connectivity index (χ0v) is 14.9. The Kier molecular flexibility index (Phi) is 4.84. The van der Waals surface area contributed by atoms with E-state index in [1.54, 1.807) is 6.07 Å². The fraction of sp³-hybridized carbons (Fsp3) is 0.400. The summed E-state index contributed by atoms with van der Waals surface area (Å²) < 4.78 is 5.88. The Hall–Kier alpha value is -1.75. The lowest BCUT2D eigenvalue weighted by atomic mass is 10.0. The number of nitrogens with zero attached hydrogens (tertiary/aromatic N) is 1. The predicted octanol–water partition coefficient (Wildman–Crippen LogP) is 3.66. The highest BCUT2D eigenvalue weighted by atomic mass is 35.5. The second kappa shape index (κ2) is 7.24. The number of piperidine rings is 1. The van der Waals surface area contributed by atoms with E-state index in [4.69, 9.17) is 16.3 Å². The number of ether oxygens (including phenoxy) is 1. The molecule has 5 heteroatoms. The minimum atomic E-state index is 0.205. The highest BCUT2D eigenvalue weighted by molar-refractivity contribution is 6.30. The van der Waals surface area contributed by atoms with Gasteiger partial charge < -0.3 is 15.2 Å². The van der Waals surface area contributed by atoms with E-state index in [1.807, 2.05) is 24.3 Å². The van der Waals surface area contributed by atoms with Crippen LogP contribution in [0.2, 0.25) is 5.02 Å². The van der Waals surface area contributed by atoms with Gasteiger partial charge in [0.15, 0.2) is 11.5 Å². The van der Waals surface area contributed by atoms with Gasteiger partial charge in [-0.3, -0.25) is 4.90 Å². The zero-order chi connectivity index (χ0) is 17.2. The number of phenolic OH excluding ortho intramolecular Hbond substituents is 1. The summed E-state index contributed by atoms with van der Waals surface area (Å²) in [5, 5.41) is 14.7. The molecule has 0 bridgehead atoms. The lowest BCUT2D eigenvalue weighted by Gasteiger charge is -2.33. The summed E-state index contributed by atoms with van der Waals surface area (Å²) in [7, 11) is 0. The van der Waals surface area contributed by atoms with Crippen molar-refractivity contribution in [2.45, 2.75) is 25.4 Å². The Balaban J connectivity index is 1.67. The molecule has 2 N–H and O–H groups in total. The smallest absolute Gasteiger partial charge is 0.165 e. The van der Waals surface area contributed by atoms with Crippen molar-refractivity contribution < 1.29 is 9.84 Å². The van der Waals surface area contributed by atoms with Crippen molar-refractivity contribution in [1.29, 1.82) is 0 Å². The van der Waals surface area contributed by atoms with Crippen LogP contribution in [0.25, 0.3) is 11.1 Å². The molecular weight excluding hydrogens is 336 g/mol. The molecular formula is C20H23ClN2O2. The Morgan fingerprint density at radius 1 is 1.20 bits per heavy atom. The van der Waals surface area contributed by atoms with Gasteiger partial charge in [-0.2, -0.15) is 0 Å². The fourth-order valence-corrected chi connectivity index (χ4v) is 4.00. The molecule has 2 aliphatic heterocycles. The topological polar surface area (TPSA) is 44.7 Å². The maximum absolute atomic E-state index is 10.5. The van der Waals surface area contributed by atoms with Crippen molar-refractivity contribution in [3.63, 3.8) is 0 Å². The summed E-state index contributed by atoms with van der Waals surface area (Å²) in [5.41, 5.74) is 3.00. The predicted molar refractivity (Wildman–Crippen MR) is 100 cm³/mol. The highest BCUT2D eigenvalue weighted by Crippen LogP contribution is 2.38. The van der Waals surface area contributed by atoms with Crippen LogP contribution in [-0.4, -0.2) is 42.3 Å². The number of hydrogen-bond donors (Lipinski definition) is 2. The molecule has 0 saturated carbocycles. The first-order valence-electron chi connectivity index (χ1n) is 8.90. The molecule has 132 valence electrons. The quantitative estimate of drug-likeness (QED) is 0.860. The summed E-state index contributed by atoms with van der Waals surface area (Å²) in [6.07, 6.45) is 2.42. The van der Waals surface area contributed by atoms with Gasteiger partial charge in [0.05, 0.1) is 0 Å². The van der Waals surface area contributed by atoms with Gasteiger partial charge in [-0.05, 0) is 54.8 Å². The second-order valence-electron chi connectivity index (χ2n) is 6.81. The van der Waals surface area contributed by atoms with Crippen LogP contribution in [0.15, 0.2) is 36.4 Å². The van der Waals surface area contributed by atoms with E-state index in [9.17, 15) is 5.11 Å². The van der Waals surface area contributed by atoms with E-state index in [2.05, 4.69) is 16.3 Å². The van der Waals surface area contributed by atoms with Gasteiger partial charge in [0, 0.05) is 36.3 Å². The van der Waals surface area contributed by atoms with E-state index in [0.717, 1.165) is 42.9 Å². The first kappa shape index (κ1) is 16.7. The van der Waals surface area contributed by atoms with Gasteiger partial charge in [0.2, 0.25) is 0 Å². The summed E-state index contributed by atoms with van der Waals surface area (Å²) in [6.45, 7) is 4.41. The molecule has 0 aromatic heterocycles. The molecule has 2 aromatic rings. The maximum Gasteiger partial charge on any atom is 0.165 e. The van der Waals surface area contributed by atoms with E-state index < -0.39 is 0 Å². The molecule has 4 nitrogen and oxygen atoms in total. The minimum absolute atomic E-state index is 0.205. The summed E-state index contributed by atoms with van der Waals surface area (Å²) >= 11 is 6.13. The zero-order valence-electron chi connectivity index (χ0n) is 14.2. The van der Waals surface area contributed by atoms with Gasteiger partial charge in [-0.15, -0.1) is 0 Å². The van der Waals surface area contributed by atoms with Crippen LogP contribution in [0.1, 0.15) is 18.4 Å². The van der Waals surface area contributed by atoms with Crippen LogP contribution in [0.3, 0.4) is 0 Å². The second-order valence-corrected chi connectivity index (χ2v) is 7.25. The molecule has 0 amide bonds. The molecule has 2 aromatic carbocycles. The van der Waals surface area contributed by atoms with Crippen molar-refractivity contribution in [3.8, 4) is 22.6 Å². The minimum Gasteiger partial charge on any atom is -0.504 e. The van der Waals surface area contributed by atoms with Gasteiger partial charge in [-0.1, -0.05) is 23.7 Å². The fourth-order valence-electron chi connectivity index (χ4n) is 3.81. The molecule has 0 spiro atoms. The highest BCUT2D eigenvalue weighted by Gasteiger charge is 2.26. The SMILES string of the molecule is Oc1cc(-c2cccc(Cl)c2)cc2c1OCCN(C1CCCNC1)C2. The van der Waals surface area contributed by atoms with Crippen LogP contribution in [0.4, 0.5) is 0 Å². The molecule has 0 aliphatic carbocycles. The summed E-state index contributed by atoms with van der Waals surface area (Å²) in [5.74, 6) is 0.827. The third-order valence-corrected chi connectivity index (χ3v) is 5.32. The monoisotopic (exact) mass is 358 g/mol. The molecule has 4 rings (SSSR count). The molecule has 0 radical (unpaired) electrons.